The normalized spacial score (nSPS) is 16.5. The van der Waals surface area contributed by atoms with Crippen molar-refractivity contribution in [1.29, 1.82) is 0 Å². The Labute approximate surface area is 190 Å². The summed E-state index contributed by atoms with van der Waals surface area (Å²) in [7, 11) is -1.43. The van der Waals surface area contributed by atoms with Crippen LogP contribution in [-0.4, -0.2) is 99.0 Å². The van der Waals surface area contributed by atoms with Crippen molar-refractivity contribution >= 4 is 30.9 Å². The maximum absolute atomic E-state index is 12.4. The molecule has 0 unspecified atom stereocenters. The summed E-state index contributed by atoms with van der Waals surface area (Å²) in [6.45, 7) is 0.853. The number of likely N-dealkylation sites (tertiary alicyclic amines) is 1. The van der Waals surface area contributed by atoms with E-state index >= 15 is 0 Å². The van der Waals surface area contributed by atoms with Crippen LogP contribution in [0.2, 0.25) is 6.32 Å². The van der Waals surface area contributed by atoms with Crippen molar-refractivity contribution in [2.75, 3.05) is 19.7 Å². The lowest BCUT2D eigenvalue weighted by atomic mass is 9.84. The number of hydrogen-bond acceptors (Lipinski definition) is 9. The minimum atomic E-state index is -1.43. The van der Waals surface area contributed by atoms with Gasteiger partial charge in [-0.1, -0.05) is 12.5 Å². The zero-order chi connectivity index (χ0) is 25.1. The molecule has 1 heterocycles. The highest BCUT2D eigenvalue weighted by atomic mass is 16.5. The zero-order valence-corrected chi connectivity index (χ0v) is 18.2. The Balaban J connectivity index is 2.65. The molecule has 13 nitrogen and oxygen atoms in total. The van der Waals surface area contributed by atoms with Crippen LogP contribution in [0.3, 0.4) is 0 Å². The van der Waals surface area contributed by atoms with Crippen LogP contribution in [-0.2, 0) is 23.9 Å². The average molecular weight is 471 g/mol. The van der Waals surface area contributed by atoms with Crippen LogP contribution < -0.4 is 11.1 Å². The Kier molecular flexibility index (Phi) is 11.6. The summed E-state index contributed by atoms with van der Waals surface area (Å²) in [5.74, 6) is -3.91. The highest BCUT2D eigenvalue weighted by molar-refractivity contribution is 6.40. The first-order chi connectivity index (χ1) is 15.5. The van der Waals surface area contributed by atoms with E-state index in [4.69, 9.17) is 25.6 Å². The van der Waals surface area contributed by atoms with Gasteiger partial charge >= 0.3 is 19.1 Å². The predicted octanol–water partition coefficient (Wildman–Crippen LogP) is -2.34. The Morgan fingerprint density at radius 1 is 1.24 bits per heavy atom. The summed E-state index contributed by atoms with van der Waals surface area (Å²) in [5, 5.41) is 47.3. The molecule has 0 spiro atoms. The third-order valence-electron chi connectivity index (χ3n) is 4.73. The molecule has 0 radical (unpaired) electrons. The lowest BCUT2D eigenvalue weighted by Gasteiger charge is -2.40. The van der Waals surface area contributed by atoms with Crippen LogP contribution in [0, 0.1) is 0 Å². The fraction of sp³-hybridized carbons (Fsp3) is 0.579. The molecule has 184 valence electrons. The van der Waals surface area contributed by atoms with E-state index in [2.05, 4.69) is 5.32 Å². The number of nitrogens with one attached hydrogen (secondary N) is 1. The Hall–Kier alpha value is -2.94. The van der Waals surface area contributed by atoms with Gasteiger partial charge in [-0.25, -0.2) is 4.79 Å². The van der Waals surface area contributed by atoms with Crippen LogP contribution in [0.1, 0.15) is 26.2 Å². The van der Waals surface area contributed by atoms with Crippen molar-refractivity contribution in [2.24, 2.45) is 5.73 Å². The number of allylic oxidation sites excluding steroid dienone is 2. The number of aliphatic carboxylic acids is 2. The van der Waals surface area contributed by atoms with E-state index in [0.29, 0.717) is 12.8 Å². The molecule has 0 aromatic rings. The van der Waals surface area contributed by atoms with Gasteiger partial charge in [0.2, 0.25) is 11.8 Å². The highest BCUT2D eigenvalue weighted by Gasteiger charge is 2.36. The fourth-order valence-corrected chi connectivity index (χ4v) is 2.88. The first-order valence-corrected chi connectivity index (χ1v) is 10.3. The van der Waals surface area contributed by atoms with Crippen molar-refractivity contribution in [1.82, 2.24) is 10.2 Å². The van der Waals surface area contributed by atoms with E-state index in [0.717, 1.165) is 0 Å². The van der Waals surface area contributed by atoms with Crippen molar-refractivity contribution in [2.45, 2.75) is 50.7 Å². The van der Waals surface area contributed by atoms with Gasteiger partial charge in [0.1, 0.15) is 23.5 Å². The molecule has 0 aliphatic carbocycles. The second-order valence-corrected chi connectivity index (χ2v) is 7.54. The van der Waals surface area contributed by atoms with Gasteiger partial charge in [0.25, 0.3) is 0 Å². The Morgan fingerprint density at radius 3 is 2.39 bits per heavy atom. The molecule has 1 saturated heterocycles. The van der Waals surface area contributed by atoms with Gasteiger partial charge in [-0.05, 0) is 25.7 Å². The largest absolute Gasteiger partial charge is 0.486 e. The minimum absolute atomic E-state index is 0.0763. The van der Waals surface area contributed by atoms with Crippen LogP contribution in [0.5, 0.6) is 0 Å². The minimum Gasteiger partial charge on any atom is -0.486 e. The summed E-state index contributed by atoms with van der Waals surface area (Å²) in [5.41, 5.74) is 5.09. The van der Waals surface area contributed by atoms with Gasteiger partial charge in [0.15, 0.2) is 0 Å². The Morgan fingerprint density at radius 2 is 1.88 bits per heavy atom. The standard InChI is InChI=1S/C19H30BN3O10/c1-11(22-17(27)14(21)7-16(25)26)18(28)23-8-12(9-23)33-15(13(10-24)19(29)30)5-3-2-4-6-20(31)32/h3,5,11-12,14,24,31-32H,2,4,6-10,21H2,1H3,(H,22,27)(H,25,26)(H,29,30)/b5-3-,15-13-/t11-,14-/m1/s1. The number of carboxylic acids is 2. The summed E-state index contributed by atoms with van der Waals surface area (Å²) in [6.07, 6.45) is 2.83. The molecule has 2 amide bonds. The van der Waals surface area contributed by atoms with Gasteiger partial charge in [-0.15, -0.1) is 0 Å². The Bertz CT molecular complexity index is 780. The first kappa shape index (κ1) is 28.1. The molecule has 1 aliphatic heterocycles. The number of rotatable bonds is 14. The topological polar surface area (TPSA) is 220 Å². The molecule has 0 aromatic heterocycles. The molecule has 0 aromatic carbocycles. The summed E-state index contributed by atoms with van der Waals surface area (Å²) in [6, 6.07) is -2.25. The van der Waals surface area contributed by atoms with Crippen LogP contribution >= 0.6 is 0 Å². The van der Waals surface area contributed by atoms with E-state index in [1.807, 2.05) is 0 Å². The maximum atomic E-state index is 12.4. The number of carbonyl (C=O) groups excluding carboxylic acids is 2. The van der Waals surface area contributed by atoms with E-state index in [1.54, 1.807) is 6.08 Å². The maximum Gasteiger partial charge on any atom is 0.451 e. The van der Waals surface area contributed by atoms with Crippen LogP contribution in [0.25, 0.3) is 0 Å². The van der Waals surface area contributed by atoms with E-state index in [-0.39, 0.29) is 30.7 Å². The molecule has 14 heteroatoms. The number of carboxylic acid groups (broad SMARTS) is 2. The number of nitrogens with zero attached hydrogens (tertiary/aromatic N) is 1. The van der Waals surface area contributed by atoms with E-state index in [9.17, 15) is 29.4 Å². The van der Waals surface area contributed by atoms with Gasteiger partial charge in [0.05, 0.1) is 32.2 Å². The van der Waals surface area contributed by atoms with E-state index in [1.165, 1.54) is 17.9 Å². The second-order valence-electron chi connectivity index (χ2n) is 7.54. The highest BCUT2D eigenvalue weighted by Crippen LogP contribution is 2.20. The quantitative estimate of drug-likeness (QED) is 0.0468. The number of amides is 2. The SMILES string of the molecule is C[C@@H](NC(=O)[C@H](N)CC(=O)O)C(=O)N1CC(OC(/C=C\CCCB(O)O)=C(/CO)C(=O)O)C1. The molecule has 0 bridgehead atoms. The van der Waals surface area contributed by atoms with E-state index < -0.39 is 62.1 Å². The number of hydrogen-bond donors (Lipinski definition) is 7. The lowest BCUT2D eigenvalue weighted by molar-refractivity contribution is -0.146. The van der Waals surface area contributed by atoms with Gasteiger partial charge < -0.3 is 46.1 Å². The molecule has 0 saturated carbocycles. The van der Waals surface area contributed by atoms with Gasteiger partial charge in [0, 0.05) is 0 Å². The zero-order valence-electron chi connectivity index (χ0n) is 18.2. The molecule has 2 atom stereocenters. The smallest absolute Gasteiger partial charge is 0.451 e. The third kappa shape index (κ3) is 9.61. The van der Waals surface area contributed by atoms with Crippen LogP contribution in [0.15, 0.2) is 23.5 Å². The summed E-state index contributed by atoms with van der Waals surface area (Å²) >= 11 is 0. The predicted molar refractivity (Wildman–Crippen MR) is 114 cm³/mol. The number of unbranched alkanes of at least 4 members (excludes halogenated alkanes) is 1. The monoisotopic (exact) mass is 471 g/mol. The molecule has 8 N–H and O–H groups in total. The molecular formula is C19H30BN3O10. The first-order valence-electron chi connectivity index (χ1n) is 10.3. The van der Waals surface area contributed by atoms with Gasteiger partial charge in [-0.2, -0.15) is 0 Å². The van der Waals surface area contributed by atoms with Gasteiger partial charge in [-0.3, -0.25) is 14.4 Å². The van der Waals surface area contributed by atoms with Crippen molar-refractivity contribution in [3.05, 3.63) is 23.5 Å². The second kappa shape index (κ2) is 13.6. The third-order valence-corrected chi connectivity index (χ3v) is 4.73. The summed E-state index contributed by atoms with van der Waals surface area (Å²) in [4.78, 5) is 47.7. The summed E-state index contributed by atoms with van der Waals surface area (Å²) < 4.78 is 5.64. The molecule has 33 heavy (non-hydrogen) atoms. The number of ether oxygens (including phenoxy) is 1. The number of aliphatic hydroxyl groups excluding tert-OH is 1. The number of nitrogens with two attached hydrogens (primary N) is 1. The van der Waals surface area contributed by atoms with Crippen molar-refractivity contribution in [3.8, 4) is 0 Å². The van der Waals surface area contributed by atoms with Crippen molar-refractivity contribution < 1.29 is 49.3 Å². The number of aliphatic hydroxyl groups is 1. The molecule has 1 rings (SSSR count). The van der Waals surface area contributed by atoms with Crippen molar-refractivity contribution in [3.63, 3.8) is 0 Å². The molecule has 1 fully saturated rings. The number of carbonyl (C=O) groups is 4. The fourth-order valence-electron chi connectivity index (χ4n) is 2.88. The molecule has 1 aliphatic rings. The lowest BCUT2D eigenvalue weighted by Crippen LogP contribution is -2.60. The molecular weight excluding hydrogens is 441 g/mol. The van der Waals surface area contributed by atoms with Crippen LogP contribution in [0.4, 0.5) is 0 Å². The average Bonchev–Trinajstić information content (AvgIpc) is 2.68.